The Hall–Kier alpha value is -6.26. The van der Waals surface area contributed by atoms with E-state index in [1.165, 1.54) is 78.1 Å². The molecule has 6 aromatic carbocycles. The van der Waals surface area contributed by atoms with Gasteiger partial charge in [0.2, 0.25) is 0 Å². The fourth-order valence-corrected chi connectivity index (χ4v) is 9.75. The number of hydrogen-bond acceptors (Lipinski definition) is 2. The van der Waals surface area contributed by atoms with Crippen LogP contribution in [-0.4, -0.2) is 19.1 Å². The fourth-order valence-electron chi connectivity index (χ4n) is 9.75. The standard InChI is InChI=1S/C33H40N2.C28H28N2/c1-22(2)25(7)19-27-15-11-12-16-29(27)33-34-17-18-35(33)32-30(23(3)4)20-28(21-31(32)24(5)6)26-13-9-8-10-14-26;1-18(2)23-17-24-22-13-9-8-12-21(22)16-25(24)26(19(3)4)27(23)30-15-14-29-28(30)20-10-6-5-7-11-20/h8-18,20-25H,19H2,1-7H3;5-15,17-19H,16H2,1-4H3/t25-;/m1./s1. The van der Waals surface area contributed by atoms with Gasteiger partial charge in [0.1, 0.15) is 11.6 Å². The first-order valence-corrected chi connectivity index (χ1v) is 24.1. The van der Waals surface area contributed by atoms with Crippen molar-refractivity contribution in [3.63, 3.8) is 0 Å². The summed E-state index contributed by atoms with van der Waals surface area (Å²) in [5.41, 5.74) is 20.2. The molecule has 0 amide bonds. The van der Waals surface area contributed by atoms with E-state index >= 15 is 0 Å². The van der Waals surface area contributed by atoms with Crippen LogP contribution in [0.5, 0.6) is 0 Å². The average Bonchev–Trinajstić information content (AvgIpc) is 4.08. The van der Waals surface area contributed by atoms with Gasteiger partial charge in [0, 0.05) is 35.9 Å². The number of aromatic nitrogens is 4. The number of hydrogen-bond donors (Lipinski definition) is 0. The maximum Gasteiger partial charge on any atom is 0.144 e. The molecule has 0 saturated carbocycles. The molecular weight excluding hydrogens is 789 g/mol. The Morgan fingerprint density at radius 2 is 0.969 bits per heavy atom. The van der Waals surface area contributed by atoms with Crippen molar-refractivity contribution in [2.24, 2.45) is 11.8 Å². The predicted molar refractivity (Wildman–Crippen MR) is 276 cm³/mol. The number of imidazole rings is 2. The third kappa shape index (κ3) is 9.19. The molecule has 0 unspecified atom stereocenters. The van der Waals surface area contributed by atoms with Crippen LogP contribution < -0.4 is 0 Å². The molecule has 0 saturated heterocycles. The van der Waals surface area contributed by atoms with Gasteiger partial charge >= 0.3 is 0 Å². The van der Waals surface area contributed by atoms with Gasteiger partial charge in [0.05, 0.1) is 11.4 Å². The third-order valence-electron chi connectivity index (χ3n) is 13.6. The first-order chi connectivity index (χ1) is 31.3. The summed E-state index contributed by atoms with van der Waals surface area (Å²) in [6, 6.07) is 46.2. The maximum atomic E-state index is 4.92. The predicted octanol–water partition coefficient (Wildman–Crippen LogP) is 16.6. The van der Waals surface area contributed by atoms with Crippen molar-refractivity contribution in [3.8, 4) is 56.4 Å². The van der Waals surface area contributed by atoms with Crippen LogP contribution >= 0.6 is 0 Å². The molecule has 4 heteroatoms. The van der Waals surface area contributed by atoms with Crippen molar-refractivity contribution in [2.75, 3.05) is 0 Å². The van der Waals surface area contributed by atoms with Gasteiger partial charge in [-0.3, -0.25) is 9.13 Å². The zero-order valence-corrected chi connectivity index (χ0v) is 40.6. The monoisotopic (exact) mass is 857 g/mol. The van der Waals surface area contributed by atoms with E-state index in [2.05, 4.69) is 225 Å². The van der Waals surface area contributed by atoms with Crippen molar-refractivity contribution in [2.45, 2.75) is 113 Å². The molecule has 0 N–H and O–H groups in total. The summed E-state index contributed by atoms with van der Waals surface area (Å²) in [5, 5.41) is 0. The Morgan fingerprint density at radius 3 is 1.55 bits per heavy atom. The average molecular weight is 857 g/mol. The first kappa shape index (κ1) is 45.3. The van der Waals surface area contributed by atoms with Gasteiger partial charge in [0.25, 0.3) is 0 Å². The third-order valence-corrected chi connectivity index (χ3v) is 13.6. The SMILES string of the molecule is CC(C)c1cc(-c2ccccc2)cc(C(C)C)c1-n1ccnc1-c1ccccc1C[C@@H](C)C(C)C.CC(C)c1cc2c(c(C(C)C)c1-n1ccnc1-c1ccccc1)Cc1ccccc1-2. The van der Waals surface area contributed by atoms with Gasteiger partial charge < -0.3 is 0 Å². The molecule has 1 atom stereocenters. The minimum atomic E-state index is 0.387. The van der Waals surface area contributed by atoms with E-state index in [1.807, 2.05) is 12.4 Å². The van der Waals surface area contributed by atoms with E-state index in [0.717, 1.165) is 30.1 Å². The Kier molecular flexibility index (Phi) is 13.6. The van der Waals surface area contributed by atoms with Crippen LogP contribution in [0, 0.1) is 11.8 Å². The zero-order chi connectivity index (χ0) is 45.9. The number of rotatable bonds is 12. The van der Waals surface area contributed by atoms with E-state index in [4.69, 9.17) is 9.97 Å². The minimum absolute atomic E-state index is 0.387. The maximum absolute atomic E-state index is 4.92. The van der Waals surface area contributed by atoms with Crippen LogP contribution in [0.3, 0.4) is 0 Å². The summed E-state index contributed by atoms with van der Waals surface area (Å²) in [4.78, 5) is 9.68. The van der Waals surface area contributed by atoms with Crippen LogP contribution in [0.1, 0.15) is 139 Å². The van der Waals surface area contributed by atoms with E-state index in [-0.39, 0.29) is 0 Å². The molecule has 2 aromatic heterocycles. The molecule has 8 aromatic rings. The quantitative estimate of drug-likeness (QED) is 0.123. The molecule has 0 fully saturated rings. The topological polar surface area (TPSA) is 35.6 Å². The molecule has 65 heavy (non-hydrogen) atoms. The Morgan fingerprint density at radius 1 is 0.462 bits per heavy atom. The van der Waals surface area contributed by atoms with E-state index in [0.29, 0.717) is 35.5 Å². The summed E-state index contributed by atoms with van der Waals surface area (Å²) in [5.74, 6) is 4.92. The van der Waals surface area contributed by atoms with Crippen LogP contribution in [0.15, 0.2) is 152 Å². The highest BCUT2D eigenvalue weighted by molar-refractivity contribution is 5.82. The van der Waals surface area contributed by atoms with Crippen molar-refractivity contribution in [1.82, 2.24) is 19.1 Å². The van der Waals surface area contributed by atoms with Gasteiger partial charge in [-0.1, -0.05) is 185 Å². The van der Waals surface area contributed by atoms with Gasteiger partial charge in [-0.15, -0.1) is 0 Å². The molecular formula is C61H68N4. The number of fused-ring (bicyclic) bond motifs is 3. The zero-order valence-electron chi connectivity index (χ0n) is 40.6. The molecule has 332 valence electrons. The Labute approximate surface area is 389 Å². The van der Waals surface area contributed by atoms with Crippen molar-refractivity contribution < 1.29 is 0 Å². The summed E-state index contributed by atoms with van der Waals surface area (Å²) in [7, 11) is 0. The van der Waals surface area contributed by atoms with Gasteiger partial charge in [-0.2, -0.15) is 0 Å². The molecule has 2 heterocycles. The highest BCUT2D eigenvalue weighted by Gasteiger charge is 2.29. The van der Waals surface area contributed by atoms with Gasteiger partial charge in [0.15, 0.2) is 0 Å². The fraction of sp³-hybridized carbons (Fsp3) is 0.311. The van der Waals surface area contributed by atoms with E-state index in [1.54, 1.807) is 0 Å². The van der Waals surface area contributed by atoms with Gasteiger partial charge in [-0.05, 0) is 128 Å². The Bertz CT molecular complexity index is 2840. The first-order valence-electron chi connectivity index (χ1n) is 24.1. The minimum Gasteiger partial charge on any atom is -0.299 e. The van der Waals surface area contributed by atoms with Crippen LogP contribution in [-0.2, 0) is 12.8 Å². The van der Waals surface area contributed by atoms with E-state index < -0.39 is 0 Å². The van der Waals surface area contributed by atoms with Crippen molar-refractivity contribution in [1.29, 1.82) is 0 Å². The second-order valence-corrected chi connectivity index (χ2v) is 19.8. The highest BCUT2D eigenvalue weighted by atomic mass is 15.1. The van der Waals surface area contributed by atoms with Crippen molar-refractivity contribution in [3.05, 3.63) is 191 Å². The molecule has 0 bridgehead atoms. The summed E-state index contributed by atoms with van der Waals surface area (Å²) in [6.07, 6.45) is 10.2. The van der Waals surface area contributed by atoms with Crippen LogP contribution in [0.2, 0.25) is 0 Å². The molecule has 1 aliphatic carbocycles. The molecule has 0 radical (unpaired) electrons. The Balaban J connectivity index is 0.000000179. The van der Waals surface area contributed by atoms with Crippen LogP contribution in [0.25, 0.3) is 56.4 Å². The molecule has 0 spiro atoms. The number of benzene rings is 6. The highest BCUT2D eigenvalue weighted by Crippen LogP contribution is 2.46. The van der Waals surface area contributed by atoms with Gasteiger partial charge in [-0.25, -0.2) is 9.97 Å². The lowest BCUT2D eigenvalue weighted by molar-refractivity contribution is 0.417. The lowest BCUT2D eigenvalue weighted by Crippen LogP contribution is -2.11. The summed E-state index contributed by atoms with van der Waals surface area (Å²) >= 11 is 0. The second kappa shape index (κ2) is 19.5. The van der Waals surface area contributed by atoms with Crippen LogP contribution in [0.4, 0.5) is 0 Å². The largest absolute Gasteiger partial charge is 0.299 e. The molecule has 0 aliphatic heterocycles. The second-order valence-electron chi connectivity index (χ2n) is 19.8. The smallest absolute Gasteiger partial charge is 0.144 e. The van der Waals surface area contributed by atoms with E-state index in [9.17, 15) is 0 Å². The number of nitrogens with zero attached hydrogens (tertiary/aromatic N) is 4. The lowest BCUT2D eigenvalue weighted by atomic mass is 9.85. The summed E-state index contributed by atoms with van der Waals surface area (Å²) < 4.78 is 4.67. The van der Waals surface area contributed by atoms with Crippen molar-refractivity contribution >= 4 is 0 Å². The molecule has 9 rings (SSSR count). The lowest BCUT2D eigenvalue weighted by Gasteiger charge is -2.25. The molecule has 4 nitrogen and oxygen atoms in total. The normalized spacial score (nSPS) is 12.6. The molecule has 1 aliphatic rings. The summed E-state index contributed by atoms with van der Waals surface area (Å²) in [6.45, 7) is 25.4.